The third-order valence-electron chi connectivity index (χ3n) is 4.84. The predicted molar refractivity (Wildman–Crippen MR) is 100 cm³/mol. The Kier molecular flexibility index (Phi) is 4.77. The van der Waals surface area contributed by atoms with Gasteiger partial charge in [-0.25, -0.2) is 18.0 Å². The van der Waals surface area contributed by atoms with Gasteiger partial charge in [-0.2, -0.15) is 0 Å². The molecule has 6 heteroatoms. The van der Waals surface area contributed by atoms with Crippen molar-refractivity contribution in [3.05, 3.63) is 101 Å². The van der Waals surface area contributed by atoms with Crippen molar-refractivity contribution < 1.29 is 18.0 Å². The number of hydrogen-bond acceptors (Lipinski definition) is 1. The zero-order chi connectivity index (χ0) is 19.7. The quantitative estimate of drug-likeness (QED) is 0.642. The summed E-state index contributed by atoms with van der Waals surface area (Å²) in [6.07, 6.45) is 0.652. The summed E-state index contributed by atoms with van der Waals surface area (Å²) in [4.78, 5) is 14.5. The fraction of sp³-hybridized carbons (Fsp3) is 0.136. The summed E-state index contributed by atoms with van der Waals surface area (Å²) in [5.74, 6) is -1.90. The van der Waals surface area contributed by atoms with Crippen molar-refractivity contribution in [2.75, 3.05) is 11.9 Å². The van der Waals surface area contributed by atoms with Gasteiger partial charge in [0.15, 0.2) is 0 Å². The molecule has 1 atom stereocenters. The highest BCUT2D eigenvalue weighted by atomic mass is 19.1. The van der Waals surface area contributed by atoms with Gasteiger partial charge in [0.25, 0.3) is 0 Å². The van der Waals surface area contributed by atoms with Crippen LogP contribution in [0, 0.1) is 17.5 Å². The fourth-order valence-electron chi connectivity index (χ4n) is 3.61. The molecule has 3 aromatic rings. The highest BCUT2D eigenvalue weighted by molar-refractivity contribution is 5.90. The van der Waals surface area contributed by atoms with Crippen molar-refractivity contribution in [2.45, 2.75) is 12.5 Å². The highest BCUT2D eigenvalue weighted by Crippen LogP contribution is 2.35. The molecule has 4 rings (SSSR count). The summed E-state index contributed by atoms with van der Waals surface area (Å²) in [7, 11) is 0. The molecule has 2 amide bonds. The van der Waals surface area contributed by atoms with E-state index in [0.29, 0.717) is 13.0 Å². The molecule has 0 bridgehead atoms. The molecule has 3 nitrogen and oxygen atoms in total. The van der Waals surface area contributed by atoms with Crippen LogP contribution < -0.4 is 5.32 Å². The van der Waals surface area contributed by atoms with Gasteiger partial charge in [-0.15, -0.1) is 0 Å². The van der Waals surface area contributed by atoms with Crippen molar-refractivity contribution in [1.82, 2.24) is 4.90 Å². The lowest BCUT2D eigenvalue weighted by Crippen LogP contribution is -2.43. The lowest BCUT2D eigenvalue weighted by Gasteiger charge is -2.37. The second-order valence-electron chi connectivity index (χ2n) is 6.68. The van der Waals surface area contributed by atoms with Gasteiger partial charge < -0.3 is 10.2 Å². The summed E-state index contributed by atoms with van der Waals surface area (Å²) in [5.41, 5.74) is 2.85. The van der Waals surface area contributed by atoms with E-state index >= 15 is 0 Å². The molecule has 1 N–H and O–H groups in total. The number of halogens is 3. The Morgan fingerprint density at radius 3 is 2.29 bits per heavy atom. The molecule has 0 aromatic heterocycles. The molecular weight excluding hydrogens is 365 g/mol. The molecule has 3 aromatic carbocycles. The Bertz CT molecular complexity index is 1000. The summed E-state index contributed by atoms with van der Waals surface area (Å²) < 4.78 is 40.3. The molecule has 0 unspecified atom stereocenters. The second-order valence-corrected chi connectivity index (χ2v) is 6.68. The molecule has 0 aliphatic carbocycles. The van der Waals surface area contributed by atoms with E-state index in [0.717, 1.165) is 34.9 Å². The molecule has 142 valence electrons. The van der Waals surface area contributed by atoms with Gasteiger partial charge in [-0.3, -0.25) is 0 Å². The Morgan fingerprint density at radius 1 is 0.893 bits per heavy atom. The van der Waals surface area contributed by atoms with Crippen molar-refractivity contribution in [3.8, 4) is 0 Å². The molecule has 0 fully saturated rings. The number of hydrogen-bond donors (Lipinski definition) is 1. The maximum Gasteiger partial charge on any atom is 0.322 e. The molecule has 28 heavy (non-hydrogen) atoms. The first-order chi connectivity index (χ1) is 13.5. The first-order valence-electron chi connectivity index (χ1n) is 8.88. The number of nitrogens with zero attached hydrogens (tertiary/aromatic N) is 1. The van der Waals surface area contributed by atoms with Crippen LogP contribution in [0.2, 0.25) is 0 Å². The molecule has 0 saturated carbocycles. The normalized spacial score (nSPS) is 15.8. The Labute approximate surface area is 160 Å². The van der Waals surface area contributed by atoms with Crippen LogP contribution in [0.5, 0.6) is 0 Å². The number of nitrogens with one attached hydrogen (secondary N) is 1. The van der Waals surface area contributed by atoms with Gasteiger partial charge in [-0.05, 0) is 47.4 Å². The standard InChI is InChI=1S/C22H17F3N2O/c23-16-7-5-15(6-8-16)21-20-4-2-1-3-14(20)9-10-27(21)22(28)26-19-12-17(24)11-18(25)13-19/h1-8,11-13,21H,9-10H2,(H,26,28)/t21-/m0/s1. The SMILES string of the molecule is O=C(Nc1cc(F)cc(F)c1)N1CCc2ccccc2[C@@H]1c1ccc(F)cc1. The topological polar surface area (TPSA) is 32.3 Å². The number of amides is 2. The van der Waals surface area contributed by atoms with E-state index in [-0.39, 0.29) is 11.5 Å². The Balaban J connectivity index is 1.70. The van der Waals surface area contributed by atoms with E-state index in [1.807, 2.05) is 24.3 Å². The summed E-state index contributed by atoms with van der Waals surface area (Å²) in [6, 6.07) is 15.7. The average molecular weight is 382 g/mol. The first-order valence-corrected chi connectivity index (χ1v) is 8.88. The van der Waals surface area contributed by atoms with E-state index < -0.39 is 23.7 Å². The van der Waals surface area contributed by atoms with Crippen molar-refractivity contribution >= 4 is 11.7 Å². The summed E-state index contributed by atoms with van der Waals surface area (Å²) in [5, 5.41) is 2.57. The van der Waals surface area contributed by atoms with Crippen LogP contribution in [0.25, 0.3) is 0 Å². The Morgan fingerprint density at radius 2 is 1.57 bits per heavy atom. The van der Waals surface area contributed by atoms with Crippen molar-refractivity contribution in [2.24, 2.45) is 0 Å². The monoisotopic (exact) mass is 382 g/mol. The summed E-state index contributed by atoms with van der Waals surface area (Å²) in [6.45, 7) is 0.419. The number of urea groups is 1. The lowest BCUT2D eigenvalue weighted by atomic mass is 9.88. The number of carbonyl (C=O) groups excluding carboxylic acids is 1. The van der Waals surface area contributed by atoms with Crippen molar-refractivity contribution in [3.63, 3.8) is 0 Å². The first kappa shape index (κ1) is 18.1. The zero-order valence-corrected chi connectivity index (χ0v) is 14.8. The largest absolute Gasteiger partial charge is 0.322 e. The third kappa shape index (κ3) is 3.58. The lowest BCUT2D eigenvalue weighted by molar-refractivity contribution is 0.194. The van der Waals surface area contributed by atoms with E-state index in [1.165, 1.54) is 12.1 Å². The van der Waals surface area contributed by atoms with E-state index in [4.69, 9.17) is 0 Å². The van der Waals surface area contributed by atoms with Crippen LogP contribution in [-0.4, -0.2) is 17.5 Å². The molecular formula is C22H17F3N2O. The number of fused-ring (bicyclic) bond motifs is 1. The Hall–Kier alpha value is -3.28. The number of rotatable bonds is 2. The van der Waals surface area contributed by atoms with Gasteiger partial charge in [-0.1, -0.05) is 36.4 Å². The van der Waals surface area contributed by atoms with E-state index in [2.05, 4.69) is 5.32 Å². The van der Waals surface area contributed by atoms with E-state index in [1.54, 1.807) is 17.0 Å². The summed E-state index contributed by atoms with van der Waals surface area (Å²) >= 11 is 0. The van der Waals surface area contributed by atoms with Crippen LogP contribution in [0.1, 0.15) is 22.7 Å². The minimum absolute atomic E-state index is 0.0409. The minimum atomic E-state index is -0.769. The van der Waals surface area contributed by atoms with Crippen molar-refractivity contribution in [1.29, 1.82) is 0 Å². The van der Waals surface area contributed by atoms with Gasteiger partial charge in [0.05, 0.1) is 6.04 Å². The number of carbonyl (C=O) groups is 1. The average Bonchev–Trinajstić information content (AvgIpc) is 2.67. The molecule has 1 aliphatic heterocycles. The highest BCUT2D eigenvalue weighted by Gasteiger charge is 2.32. The molecule has 0 spiro atoms. The van der Waals surface area contributed by atoms with Gasteiger partial charge in [0.2, 0.25) is 0 Å². The van der Waals surface area contributed by atoms with Crippen LogP contribution >= 0.6 is 0 Å². The smallest absolute Gasteiger partial charge is 0.313 e. The van der Waals surface area contributed by atoms with Crippen LogP contribution in [0.15, 0.2) is 66.7 Å². The second kappa shape index (κ2) is 7.38. The third-order valence-corrected chi connectivity index (χ3v) is 4.84. The fourth-order valence-corrected chi connectivity index (χ4v) is 3.61. The molecule has 1 heterocycles. The maximum absolute atomic E-state index is 13.5. The minimum Gasteiger partial charge on any atom is -0.313 e. The van der Waals surface area contributed by atoms with E-state index in [9.17, 15) is 18.0 Å². The van der Waals surface area contributed by atoms with Gasteiger partial charge >= 0.3 is 6.03 Å². The van der Waals surface area contributed by atoms with Crippen LogP contribution in [0.3, 0.4) is 0 Å². The van der Waals surface area contributed by atoms with Crippen LogP contribution in [-0.2, 0) is 6.42 Å². The maximum atomic E-state index is 13.5. The molecule has 1 aliphatic rings. The molecule has 0 saturated heterocycles. The van der Waals surface area contributed by atoms with Crippen LogP contribution in [0.4, 0.5) is 23.7 Å². The van der Waals surface area contributed by atoms with Gasteiger partial charge in [0.1, 0.15) is 17.5 Å². The van der Waals surface area contributed by atoms with Gasteiger partial charge in [0, 0.05) is 18.3 Å². The zero-order valence-electron chi connectivity index (χ0n) is 14.8. The molecule has 0 radical (unpaired) electrons. The number of benzene rings is 3. The predicted octanol–water partition coefficient (Wildman–Crippen LogP) is 5.28. The number of anilines is 1.